The Morgan fingerprint density at radius 2 is 2.00 bits per heavy atom. The molecule has 0 aliphatic heterocycles. The van der Waals surface area contributed by atoms with Crippen LogP contribution in [0.2, 0.25) is 5.28 Å². The van der Waals surface area contributed by atoms with Crippen LogP contribution in [0.1, 0.15) is 44.9 Å². The molecule has 0 saturated heterocycles. The molecule has 0 unspecified atom stereocenters. The molecule has 17 heavy (non-hydrogen) atoms. The van der Waals surface area contributed by atoms with Crippen molar-refractivity contribution in [2.45, 2.75) is 44.4 Å². The first kappa shape index (κ1) is 11.0. The minimum Gasteiger partial charge on any atom is -0.238 e. The van der Waals surface area contributed by atoms with Crippen molar-refractivity contribution < 1.29 is 0 Å². The minimum absolute atomic E-state index is 0.185. The van der Waals surface area contributed by atoms with Crippen LogP contribution in [0.25, 0.3) is 5.52 Å². The molecule has 0 bridgehead atoms. The van der Waals surface area contributed by atoms with Gasteiger partial charge in [0.1, 0.15) is 11.3 Å². The Hall–Kier alpha value is -1.16. The van der Waals surface area contributed by atoms with E-state index in [4.69, 9.17) is 11.6 Å². The number of hydrogen-bond acceptors (Lipinski definition) is 3. The van der Waals surface area contributed by atoms with Gasteiger partial charge in [-0.1, -0.05) is 19.8 Å². The molecule has 1 aliphatic rings. The minimum atomic E-state index is 0.185. The zero-order valence-electron chi connectivity index (χ0n) is 9.86. The van der Waals surface area contributed by atoms with Gasteiger partial charge in [-0.2, -0.15) is 0 Å². The molecule has 0 amide bonds. The topological polar surface area (TPSA) is 43.1 Å². The molecule has 0 aromatic carbocycles. The second kappa shape index (κ2) is 3.95. The van der Waals surface area contributed by atoms with E-state index < -0.39 is 0 Å². The number of halogens is 1. The standard InChI is InChI=1S/C12H15ClN4/c1-2-12(5-3-4-6-12)10-14-7-9-8-15-11(13)16-17(9)10/h7-8H,2-6H2,1H3. The van der Waals surface area contributed by atoms with Gasteiger partial charge in [-0.15, -0.1) is 5.10 Å². The summed E-state index contributed by atoms with van der Waals surface area (Å²) in [6, 6.07) is 0. The van der Waals surface area contributed by atoms with Gasteiger partial charge in [-0.05, 0) is 30.9 Å². The van der Waals surface area contributed by atoms with Crippen molar-refractivity contribution in [2.75, 3.05) is 0 Å². The summed E-state index contributed by atoms with van der Waals surface area (Å²) >= 11 is 5.87. The highest BCUT2D eigenvalue weighted by molar-refractivity contribution is 6.28. The molecule has 0 N–H and O–H groups in total. The lowest BCUT2D eigenvalue weighted by atomic mass is 9.82. The van der Waals surface area contributed by atoms with Crippen LogP contribution < -0.4 is 0 Å². The van der Waals surface area contributed by atoms with E-state index >= 15 is 0 Å². The van der Waals surface area contributed by atoms with Crippen LogP contribution >= 0.6 is 11.6 Å². The highest BCUT2D eigenvalue weighted by atomic mass is 35.5. The number of fused-ring (bicyclic) bond motifs is 1. The van der Waals surface area contributed by atoms with Gasteiger partial charge in [-0.25, -0.2) is 14.5 Å². The van der Waals surface area contributed by atoms with E-state index in [1.54, 1.807) is 6.20 Å². The fraction of sp³-hybridized carbons (Fsp3) is 0.583. The molecule has 2 heterocycles. The average Bonchev–Trinajstić information content (AvgIpc) is 2.94. The van der Waals surface area contributed by atoms with Gasteiger partial charge in [0.25, 0.3) is 0 Å². The Morgan fingerprint density at radius 1 is 1.29 bits per heavy atom. The highest BCUT2D eigenvalue weighted by Gasteiger charge is 2.37. The van der Waals surface area contributed by atoms with Gasteiger partial charge in [-0.3, -0.25) is 0 Å². The summed E-state index contributed by atoms with van der Waals surface area (Å²) in [6.07, 6.45) is 9.62. The Balaban J connectivity index is 2.19. The summed E-state index contributed by atoms with van der Waals surface area (Å²) in [5, 5.41) is 4.56. The second-order valence-corrected chi connectivity index (χ2v) is 5.12. The van der Waals surface area contributed by atoms with Gasteiger partial charge in [0.05, 0.1) is 12.4 Å². The van der Waals surface area contributed by atoms with Crippen molar-refractivity contribution in [1.82, 2.24) is 19.6 Å². The molecule has 5 heteroatoms. The first-order valence-electron chi connectivity index (χ1n) is 6.12. The number of aromatic nitrogens is 4. The molecule has 2 aromatic heterocycles. The molecule has 90 valence electrons. The Bertz CT molecular complexity index is 542. The van der Waals surface area contributed by atoms with Gasteiger partial charge in [0, 0.05) is 5.41 Å². The quantitative estimate of drug-likeness (QED) is 0.823. The fourth-order valence-corrected chi connectivity index (χ4v) is 3.05. The maximum absolute atomic E-state index is 5.87. The highest BCUT2D eigenvalue weighted by Crippen LogP contribution is 2.42. The smallest absolute Gasteiger partial charge is 0.238 e. The maximum atomic E-state index is 5.87. The van der Waals surface area contributed by atoms with E-state index in [0.29, 0.717) is 0 Å². The lowest BCUT2D eigenvalue weighted by molar-refractivity contribution is 0.391. The van der Waals surface area contributed by atoms with Gasteiger partial charge < -0.3 is 0 Å². The van der Waals surface area contributed by atoms with Crippen LogP contribution in [0, 0.1) is 0 Å². The second-order valence-electron chi connectivity index (χ2n) is 4.79. The van der Waals surface area contributed by atoms with Gasteiger partial charge >= 0.3 is 0 Å². The Labute approximate surface area is 105 Å². The summed E-state index contributed by atoms with van der Waals surface area (Å²) in [6.45, 7) is 2.23. The number of hydrogen-bond donors (Lipinski definition) is 0. The van der Waals surface area contributed by atoms with E-state index in [9.17, 15) is 0 Å². The van der Waals surface area contributed by atoms with Crippen molar-refractivity contribution in [3.05, 3.63) is 23.5 Å². The van der Waals surface area contributed by atoms with Crippen LogP contribution in [-0.4, -0.2) is 19.6 Å². The third-order valence-electron chi connectivity index (χ3n) is 3.96. The van der Waals surface area contributed by atoms with Crippen LogP contribution in [0.15, 0.2) is 12.4 Å². The predicted octanol–water partition coefficient (Wildman–Crippen LogP) is 3.00. The average molecular weight is 251 g/mol. The SMILES string of the molecule is CCC1(c2ncc3cnc(Cl)nn23)CCCC1. The monoisotopic (exact) mass is 250 g/mol. The van der Waals surface area contributed by atoms with Crippen LogP contribution in [0.5, 0.6) is 0 Å². The zero-order valence-corrected chi connectivity index (χ0v) is 10.6. The van der Waals surface area contributed by atoms with Crippen molar-refractivity contribution in [3.8, 4) is 0 Å². The van der Waals surface area contributed by atoms with Crippen LogP contribution in [0.3, 0.4) is 0 Å². The molecular weight excluding hydrogens is 236 g/mol. The Kier molecular flexibility index (Phi) is 2.54. The number of rotatable bonds is 2. The third-order valence-corrected chi connectivity index (χ3v) is 4.14. The third kappa shape index (κ3) is 1.62. The van der Waals surface area contributed by atoms with E-state index in [2.05, 4.69) is 22.0 Å². The lowest BCUT2D eigenvalue weighted by Crippen LogP contribution is -2.25. The maximum Gasteiger partial charge on any atom is 0.241 e. The summed E-state index contributed by atoms with van der Waals surface area (Å²) < 4.78 is 1.87. The summed E-state index contributed by atoms with van der Waals surface area (Å²) in [4.78, 5) is 8.55. The largest absolute Gasteiger partial charge is 0.241 e. The molecule has 0 atom stereocenters. The number of imidazole rings is 1. The summed E-state index contributed by atoms with van der Waals surface area (Å²) in [5.74, 6) is 1.05. The molecule has 2 aromatic rings. The zero-order chi connectivity index (χ0) is 11.9. The molecule has 1 saturated carbocycles. The van der Waals surface area contributed by atoms with Crippen molar-refractivity contribution in [2.24, 2.45) is 0 Å². The van der Waals surface area contributed by atoms with Crippen molar-refractivity contribution in [1.29, 1.82) is 0 Å². The predicted molar refractivity (Wildman–Crippen MR) is 66.2 cm³/mol. The van der Waals surface area contributed by atoms with E-state index in [0.717, 1.165) is 17.8 Å². The van der Waals surface area contributed by atoms with Gasteiger partial charge in [0.15, 0.2) is 0 Å². The molecule has 1 fully saturated rings. The Morgan fingerprint density at radius 3 is 2.71 bits per heavy atom. The first-order valence-corrected chi connectivity index (χ1v) is 6.50. The molecule has 0 spiro atoms. The van der Waals surface area contributed by atoms with E-state index in [1.807, 2.05) is 10.7 Å². The van der Waals surface area contributed by atoms with Gasteiger partial charge in [0.2, 0.25) is 5.28 Å². The van der Waals surface area contributed by atoms with Crippen molar-refractivity contribution in [3.63, 3.8) is 0 Å². The van der Waals surface area contributed by atoms with E-state index in [1.165, 1.54) is 25.7 Å². The normalized spacial score (nSPS) is 18.9. The summed E-state index contributed by atoms with van der Waals surface area (Å²) in [5.41, 5.74) is 1.11. The fourth-order valence-electron chi connectivity index (χ4n) is 2.93. The molecule has 4 nitrogen and oxygen atoms in total. The summed E-state index contributed by atoms with van der Waals surface area (Å²) in [7, 11) is 0. The first-order chi connectivity index (χ1) is 8.25. The molecule has 3 rings (SSSR count). The van der Waals surface area contributed by atoms with Crippen LogP contribution in [0.4, 0.5) is 0 Å². The number of nitrogens with zero attached hydrogens (tertiary/aromatic N) is 4. The van der Waals surface area contributed by atoms with Crippen molar-refractivity contribution >= 4 is 17.1 Å². The van der Waals surface area contributed by atoms with E-state index in [-0.39, 0.29) is 10.7 Å². The molecule has 0 radical (unpaired) electrons. The molecule has 1 aliphatic carbocycles. The molecular formula is C12H15ClN4. The lowest BCUT2D eigenvalue weighted by Gasteiger charge is -2.25. The van der Waals surface area contributed by atoms with Crippen LogP contribution in [-0.2, 0) is 5.41 Å².